The Morgan fingerprint density at radius 1 is 1.04 bits per heavy atom. The van der Waals surface area contributed by atoms with Crippen LogP contribution in [0.2, 0.25) is 0 Å². The van der Waals surface area contributed by atoms with Gasteiger partial charge in [0.05, 0.1) is 19.3 Å². The van der Waals surface area contributed by atoms with Crippen molar-refractivity contribution in [1.82, 2.24) is 0 Å². The molecule has 0 radical (unpaired) electrons. The van der Waals surface area contributed by atoms with Crippen molar-refractivity contribution in [3.8, 4) is 11.5 Å². The molecule has 1 N–H and O–H groups in total. The van der Waals surface area contributed by atoms with Gasteiger partial charge in [-0.25, -0.2) is 4.79 Å². The van der Waals surface area contributed by atoms with Crippen LogP contribution in [-0.4, -0.2) is 32.2 Å². The van der Waals surface area contributed by atoms with Crippen LogP contribution in [0.1, 0.15) is 22.8 Å². The molecule has 2 rings (SSSR count). The summed E-state index contributed by atoms with van der Waals surface area (Å²) >= 11 is 0. The Bertz CT molecular complexity index is 740. The summed E-state index contributed by atoms with van der Waals surface area (Å²) in [5.41, 5.74) is 1.72. The second-order valence-corrected chi connectivity index (χ2v) is 5.26. The predicted molar refractivity (Wildman–Crippen MR) is 94.3 cm³/mol. The Morgan fingerprint density at radius 2 is 1.72 bits per heavy atom. The molecule has 6 heteroatoms. The second kappa shape index (κ2) is 8.73. The van der Waals surface area contributed by atoms with Crippen LogP contribution < -0.4 is 14.8 Å². The Balaban J connectivity index is 1.87. The molecule has 2 aromatic carbocycles. The minimum absolute atomic E-state index is 0.364. The number of aryl methyl sites for hydroxylation is 1. The summed E-state index contributed by atoms with van der Waals surface area (Å²) in [6.45, 7) is 3.89. The number of carbonyl (C=O) groups excluding carboxylic acids is 2. The van der Waals surface area contributed by atoms with Crippen molar-refractivity contribution in [3.05, 3.63) is 53.6 Å². The number of benzene rings is 2. The first-order valence-corrected chi connectivity index (χ1v) is 7.88. The number of hydrogen-bond acceptors (Lipinski definition) is 5. The molecule has 132 valence electrons. The maximum absolute atomic E-state index is 12.1. The van der Waals surface area contributed by atoms with Gasteiger partial charge in [0.25, 0.3) is 5.91 Å². The summed E-state index contributed by atoms with van der Waals surface area (Å²) in [7, 11) is 1.55. The Hall–Kier alpha value is -3.02. The van der Waals surface area contributed by atoms with Gasteiger partial charge < -0.3 is 19.5 Å². The molecule has 0 aliphatic rings. The van der Waals surface area contributed by atoms with E-state index in [2.05, 4.69) is 5.32 Å². The second-order valence-electron chi connectivity index (χ2n) is 5.26. The number of methoxy groups -OCH3 is 1. The van der Waals surface area contributed by atoms with E-state index in [1.165, 1.54) is 0 Å². The normalized spacial score (nSPS) is 10.0. The van der Waals surface area contributed by atoms with E-state index < -0.39 is 11.9 Å². The fourth-order valence-corrected chi connectivity index (χ4v) is 2.20. The van der Waals surface area contributed by atoms with E-state index in [4.69, 9.17) is 14.2 Å². The fourth-order valence-electron chi connectivity index (χ4n) is 2.20. The predicted octanol–water partition coefficient (Wildman–Crippen LogP) is 3.20. The zero-order chi connectivity index (χ0) is 18.2. The molecule has 0 bridgehead atoms. The molecule has 0 aliphatic carbocycles. The lowest BCUT2D eigenvalue weighted by Crippen LogP contribution is -2.21. The van der Waals surface area contributed by atoms with Crippen molar-refractivity contribution in [2.45, 2.75) is 13.8 Å². The topological polar surface area (TPSA) is 73.9 Å². The molecule has 0 atom stereocenters. The Morgan fingerprint density at radius 3 is 2.32 bits per heavy atom. The number of amides is 1. The van der Waals surface area contributed by atoms with Gasteiger partial charge in [-0.2, -0.15) is 0 Å². The highest BCUT2D eigenvalue weighted by atomic mass is 16.5. The highest BCUT2D eigenvalue weighted by molar-refractivity contribution is 5.96. The van der Waals surface area contributed by atoms with E-state index in [1.807, 2.05) is 6.92 Å². The molecule has 25 heavy (non-hydrogen) atoms. The monoisotopic (exact) mass is 343 g/mol. The summed E-state index contributed by atoms with van der Waals surface area (Å²) < 4.78 is 15.5. The molecule has 0 unspecified atom stereocenters. The molecule has 0 fully saturated rings. The summed E-state index contributed by atoms with van der Waals surface area (Å²) in [5.74, 6) is 0.412. The van der Waals surface area contributed by atoms with Crippen LogP contribution in [0.5, 0.6) is 11.5 Å². The highest BCUT2D eigenvalue weighted by Gasteiger charge is 2.13. The maximum atomic E-state index is 12.1. The van der Waals surface area contributed by atoms with Crippen LogP contribution in [0.25, 0.3) is 0 Å². The molecule has 0 aromatic heterocycles. The van der Waals surface area contributed by atoms with Gasteiger partial charge in [-0.1, -0.05) is 0 Å². The van der Waals surface area contributed by atoms with Gasteiger partial charge >= 0.3 is 5.97 Å². The van der Waals surface area contributed by atoms with Gasteiger partial charge in [-0.05, 0) is 61.9 Å². The molecule has 0 heterocycles. The number of nitrogens with one attached hydrogen (secondary N) is 1. The van der Waals surface area contributed by atoms with Crippen molar-refractivity contribution in [2.24, 2.45) is 0 Å². The van der Waals surface area contributed by atoms with Crippen LogP contribution in [0.3, 0.4) is 0 Å². The number of ether oxygens (including phenoxy) is 3. The highest BCUT2D eigenvalue weighted by Crippen LogP contribution is 2.18. The minimum Gasteiger partial charge on any atom is -0.497 e. The third kappa shape index (κ3) is 5.24. The third-order valence-electron chi connectivity index (χ3n) is 3.44. The van der Waals surface area contributed by atoms with Crippen LogP contribution in [0.15, 0.2) is 42.5 Å². The number of anilines is 1. The van der Waals surface area contributed by atoms with Crippen molar-refractivity contribution >= 4 is 17.6 Å². The zero-order valence-electron chi connectivity index (χ0n) is 14.5. The van der Waals surface area contributed by atoms with Crippen LogP contribution in [0.4, 0.5) is 5.69 Å². The first-order chi connectivity index (χ1) is 12.0. The summed E-state index contributed by atoms with van der Waals surface area (Å²) in [4.78, 5) is 24.0. The standard InChI is InChI=1S/C19H21NO5/c1-4-24-15-7-5-14(6-8-15)20-18(21)12-25-19(22)17-10-9-16(23-3)11-13(17)2/h5-11H,4,12H2,1-3H3,(H,20,21). The number of carbonyl (C=O) groups is 2. The molecule has 0 saturated carbocycles. The van der Waals surface area contributed by atoms with Crippen molar-refractivity contribution < 1.29 is 23.8 Å². The van der Waals surface area contributed by atoms with Gasteiger partial charge in [-0.15, -0.1) is 0 Å². The van der Waals surface area contributed by atoms with E-state index in [1.54, 1.807) is 56.5 Å². The molecule has 6 nitrogen and oxygen atoms in total. The van der Waals surface area contributed by atoms with Gasteiger partial charge in [0.1, 0.15) is 11.5 Å². The SMILES string of the molecule is CCOc1ccc(NC(=O)COC(=O)c2ccc(OC)cc2C)cc1. The smallest absolute Gasteiger partial charge is 0.338 e. The average molecular weight is 343 g/mol. The molecule has 0 aliphatic heterocycles. The van der Waals surface area contributed by atoms with Gasteiger partial charge in [0, 0.05) is 5.69 Å². The molecular weight excluding hydrogens is 322 g/mol. The van der Waals surface area contributed by atoms with Crippen molar-refractivity contribution in [2.75, 3.05) is 25.6 Å². The average Bonchev–Trinajstić information content (AvgIpc) is 2.61. The largest absolute Gasteiger partial charge is 0.497 e. The Labute approximate surface area is 146 Å². The number of esters is 1. The lowest BCUT2D eigenvalue weighted by atomic mass is 10.1. The number of rotatable bonds is 7. The summed E-state index contributed by atoms with van der Waals surface area (Å²) in [6.07, 6.45) is 0. The van der Waals surface area contributed by atoms with E-state index >= 15 is 0 Å². The number of hydrogen-bond donors (Lipinski definition) is 1. The van der Waals surface area contributed by atoms with Crippen LogP contribution >= 0.6 is 0 Å². The molecule has 2 aromatic rings. The van der Waals surface area contributed by atoms with Crippen LogP contribution in [-0.2, 0) is 9.53 Å². The lowest BCUT2D eigenvalue weighted by Gasteiger charge is -2.09. The molecular formula is C19H21NO5. The Kier molecular flexibility index (Phi) is 6.39. The third-order valence-corrected chi connectivity index (χ3v) is 3.44. The van der Waals surface area contributed by atoms with E-state index in [0.29, 0.717) is 23.6 Å². The first kappa shape index (κ1) is 18.3. The first-order valence-electron chi connectivity index (χ1n) is 7.88. The molecule has 0 spiro atoms. The van der Waals surface area contributed by atoms with E-state index in [-0.39, 0.29) is 6.61 Å². The maximum Gasteiger partial charge on any atom is 0.338 e. The van der Waals surface area contributed by atoms with E-state index in [0.717, 1.165) is 11.3 Å². The zero-order valence-corrected chi connectivity index (χ0v) is 14.5. The van der Waals surface area contributed by atoms with Gasteiger partial charge in [0.15, 0.2) is 6.61 Å². The molecule has 0 saturated heterocycles. The quantitative estimate of drug-likeness (QED) is 0.782. The van der Waals surface area contributed by atoms with Gasteiger partial charge in [0.2, 0.25) is 0 Å². The summed E-state index contributed by atoms with van der Waals surface area (Å²) in [5, 5.41) is 2.66. The minimum atomic E-state index is -0.554. The molecule has 1 amide bonds. The van der Waals surface area contributed by atoms with Crippen molar-refractivity contribution in [1.29, 1.82) is 0 Å². The van der Waals surface area contributed by atoms with E-state index in [9.17, 15) is 9.59 Å². The van der Waals surface area contributed by atoms with Crippen molar-refractivity contribution in [3.63, 3.8) is 0 Å². The summed E-state index contributed by atoms with van der Waals surface area (Å²) in [6, 6.07) is 12.0. The van der Waals surface area contributed by atoms with Crippen LogP contribution in [0, 0.1) is 6.92 Å². The van der Waals surface area contributed by atoms with Gasteiger partial charge in [-0.3, -0.25) is 4.79 Å². The fraction of sp³-hybridized carbons (Fsp3) is 0.263. The lowest BCUT2D eigenvalue weighted by molar-refractivity contribution is -0.119.